The lowest BCUT2D eigenvalue weighted by Crippen LogP contribution is -2.50. The molecule has 0 heterocycles. The highest BCUT2D eigenvalue weighted by molar-refractivity contribution is 5.85. The van der Waals surface area contributed by atoms with Gasteiger partial charge in [0.25, 0.3) is 0 Å². The predicted molar refractivity (Wildman–Crippen MR) is 138 cm³/mol. The normalized spacial score (nSPS) is 15.8. The van der Waals surface area contributed by atoms with Gasteiger partial charge in [-0.3, -0.25) is 0 Å². The van der Waals surface area contributed by atoms with Gasteiger partial charge in [0.1, 0.15) is 24.0 Å². The Balaban J connectivity index is 1.77. The van der Waals surface area contributed by atoms with Crippen LogP contribution < -0.4 is 5.32 Å². The van der Waals surface area contributed by atoms with Crippen LogP contribution in [0.2, 0.25) is 0 Å². The highest BCUT2D eigenvalue weighted by Crippen LogP contribution is 2.28. The minimum Gasteiger partial charge on any atom is -0.508 e. The van der Waals surface area contributed by atoms with E-state index in [-0.39, 0.29) is 24.7 Å². The lowest BCUT2D eigenvalue weighted by atomic mass is 9.84. The summed E-state index contributed by atoms with van der Waals surface area (Å²) in [7, 11) is 0. The van der Waals surface area contributed by atoms with E-state index >= 15 is 0 Å². The van der Waals surface area contributed by atoms with E-state index in [1.807, 2.05) is 30.3 Å². The number of esters is 2. The zero-order valence-corrected chi connectivity index (χ0v) is 21.8. The molecule has 1 amide bonds. The monoisotopic (exact) mass is 511 g/mol. The molecular weight excluding hydrogens is 474 g/mol. The van der Waals surface area contributed by atoms with Gasteiger partial charge in [-0.25, -0.2) is 14.4 Å². The van der Waals surface area contributed by atoms with Crippen molar-refractivity contribution in [3.05, 3.63) is 65.7 Å². The van der Waals surface area contributed by atoms with Crippen molar-refractivity contribution >= 4 is 18.0 Å². The number of phenols is 1. The van der Waals surface area contributed by atoms with Gasteiger partial charge in [-0.2, -0.15) is 0 Å². The van der Waals surface area contributed by atoms with Crippen molar-refractivity contribution in [2.45, 2.75) is 83.6 Å². The first-order chi connectivity index (χ1) is 17.6. The summed E-state index contributed by atoms with van der Waals surface area (Å²) >= 11 is 0. The Hall–Kier alpha value is -3.55. The van der Waals surface area contributed by atoms with Gasteiger partial charge in [0.15, 0.2) is 0 Å². The molecule has 0 radical (unpaired) electrons. The third kappa shape index (κ3) is 9.44. The van der Waals surface area contributed by atoms with Crippen molar-refractivity contribution in [1.82, 2.24) is 5.32 Å². The van der Waals surface area contributed by atoms with E-state index in [2.05, 4.69) is 5.32 Å². The number of carbonyl (C=O) groups excluding carboxylic acids is 3. The molecule has 0 aliphatic heterocycles. The number of hydrogen-bond acceptors (Lipinski definition) is 7. The number of aromatic hydroxyl groups is 1. The minimum absolute atomic E-state index is 0.0115. The van der Waals surface area contributed by atoms with Gasteiger partial charge >= 0.3 is 18.0 Å². The molecule has 2 aromatic rings. The fraction of sp³-hybridized carbons (Fsp3) is 0.483. The van der Waals surface area contributed by atoms with Crippen LogP contribution in [0.15, 0.2) is 54.6 Å². The SMILES string of the molecule is CC(C)(C)OC(=O)NC(C(=O)OC(Cc1cccc(O)c1)C(=O)OCc1ccccc1)C1CCCCC1. The number of hydrogen-bond donors (Lipinski definition) is 2. The van der Waals surface area contributed by atoms with Crippen LogP contribution in [0.25, 0.3) is 0 Å². The topological polar surface area (TPSA) is 111 Å². The largest absolute Gasteiger partial charge is 0.508 e. The standard InChI is InChI=1S/C29H37NO7/c1-29(2,3)37-28(34)30-25(22-14-8-5-9-15-22)27(33)36-24(18-21-13-10-16-23(31)17-21)26(32)35-19-20-11-6-4-7-12-20/h4,6-7,10-13,16-17,22,24-25,31H,5,8-9,14-15,18-19H2,1-3H3,(H,30,34). The highest BCUT2D eigenvalue weighted by Gasteiger charge is 2.36. The van der Waals surface area contributed by atoms with Crippen LogP contribution in [0.3, 0.4) is 0 Å². The molecule has 0 spiro atoms. The first-order valence-electron chi connectivity index (χ1n) is 12.8. The average Bonchev–Trinajstić information content (AvgIpc) is 2.85. The van der Waals surface area contributed by atoms with Gasteiger partial charge in [-0.05, 0) is 62.8 Å². The second kappa shape index (κ2) is 13.1. The maximum absolute atomic E-state index is 13.4. The van der Waals surface area contributed by atoms with E-state index in [1.165, 1.54) is 12.1 Å². The maximum Gasteiger partial charge on any atom is 0.408 e. The number of alkyl carbamates (subject to hydrolysis) is 1. The first kappa shape index (κ1) is 28.0. The van der Waals surface area contributed by atoms with Crippen LogP contribution in [0.5, 0.6) is 5.75 Å². The second-order valence-corrected chi connectivity index (χ2v) is 10.4. The Bertz CT molecular complexity index is 1040. The molecule has 2 unspecified atom stereocenters. The molecule has 1 fully saturated rings. The van der Waals surface area contributed by atoms with E-state index in [0.717, 1.165) is 37.7 Å². The Morgan fingerprint density at radius 1 is 0.946 bits per heavy atom. The fourth-order valence-corrected chi connectivity index (χ4v) is 4.38. The van der Waals surface area contributed by atoms with Crippen molar-refractivity contribution in [2.75, 3.05) is 0 Å². The zero-order valence-electron chi connectivity index (χ0n) is 21.8. The van der Waals surface area contributed by atoms with Gasteiger partial charge in [0, 0.05) is 6.42 Å². The summed E-state index contributed by atoms with van der Waals surface area (Å²) < 4.78 is 16.6. The summed E-state index contributed by atoms with van der Waals surface area (Å²) in [5.41, 5.74) is 0.665. The number of carbonyl (C=O) groups is 3. The third-order valence-electron chi connectivity index (χ3n) is 6.12. The van der Waals surface area contributed by atoms with Crippen LogP contribution in [-0.2, 0) is 36.8 Å². The smallest absolute Gasteiger partial charge is 0.408 e. The number of nitrogens with one attached hydrogen (secondary N) is 1. The van der Waals surface area contributed by atoms with Gasteiger partial charge < -0.3 is 24.6 Å². The zero-order chi connectivity index (χ0) is 26.8. The number of phenolic OH excluding ortho intramolecular Hbond substituents is 1. The van der Waals surface area contributed by atoms with Crippen LogP contribution in [0.4, 0.5) is 4.79 Å². The number of rotatable bonds is 9. The average molecular weight is 512 g/mol. The van der Waals surface area contributed by atoms with Crippen molar-refractivity contribution < 1.29 is 33.7 Å². The Morgan fingerprint density at radius 3 is 2.27 bits per heavy atom. The Kier molecular flexibility index (Phi) is 9.94. The van der Waals surface area contributed by atoms with E-state index < -0.39 is 35.8 Å². The molecule has 3 rings (SSSR count). The molecule has 0 bridgehead atoms. The highest BCUT2D eigenvalue weighted by atomic mass is 16.6. The molecule has 1 saturated carbocycles. The molecule has 0 aromatic heterocycles. The summed E-state index contributed by atoms with van der Waals surface area (Å²) in [6.45, 7) is 5.26. The van der Waals surface area contributed by atoms with Crippen LogP contribution in [0.1, 0.15) is 64.0 Å². The molecule has 200 valence electrons. The molecule has 2 aromatic carbocycles. The van der Waals surface area contributed by atoms with Crippen LogP contribution >= 0.6 is 0 Å². The second-order valence-electron chi connectivity index (χ2n) is 10.4. The van der Waals surface area contributed by atoms with Crippen molar-refractivity contribution in [1.29, 1.82) is 0 Å². The van der Waals surface area contributed by atoms with E-state index in [4.69, 9.17) is 14.2 Å². The predicted octanol–water partition coefficient (Wildman–Crippen LogP) is 5.06. The van der Waals surface area contributed by atoms with Gasteiger partial charge in [-0.15, -0.1) is 0 Å². The lowest BCUT2D eigenvalue weighted by molar-refractivity contribution is -0.170. The van der Waals surface area contributed by atoms with Gasteiger partial charge in [0.2, 0.25) is 6.10 Å². The number of amides is 1. The number of ether oxygens (including phenoxy) is 3. The summed E-state index contributed by atoms with van der Waals surface area (Å²) in [6.07, 6.45) is 2.50. The molecule has 1 aliphatic rings. The summed E-state index contributed by atoms with van der Waals surface area (Å²) in [6, 6.07) is 14.6. The van der Waals surface area contributed by atoms with Crippen molar-refractivity contribution in [3.63, 3.8) is 0 Å². The van der Waals surface area contributed by atoms with Crippen molar-refractivity contribution in [3.8, 4) is 5.75 Å². The molecule has 8 nitrogen and oxygen atoms in total. The summed E-state index contributed by atoms with van der Waals surface area (Å²) in [4.78, 5) is 39.1. The molecule has 1 aliphatic carbocycles. The van der Waals surface area contributed by atoms with Crippen LogP contribution in [0, 0.1) is 5.92 Å². The van der Waals surface area contributed by atoms with Gasteiger partial charge in [0.05, 0.1) is 0 Å². The van der Waals surface area contributed by atoms with E-state index in [9.17, 15) is 19.5 Å². The Labute approximate surface area is 218 Å². The fourth-order valence-electron chi connectivity index (χ4n) is 4.38. The van der Waals surface area contributed by atoms with Gasteiger partial charge in [-0.1, -0.05) is 61.7 Å². The molecule has 8 heteroatoms. The third-order valence-corrected chi connectivity index (χ3v) is 6.12. The van der Waals surface area contributed by atoms with E-state index in [1.54, 1.807) is 32.9 Å². The molecule has 0 saturated heterocycles. The quantitative estimate of drug-likeness (QED) is 0.357. The maximum atomic E-state index is 13.4. The summed E-state index contributed by atoms with van der Waals surface area (Å²) in [5.74, 6) is -1.51. The minimum atomic E-state index is -1.26. The Morgan fingerprint density at radius 2 is 1.62 bits per heavy atom. The van der Waals surface area contributed by atoms with Crippen molar-refractivity contribution in [2.24, 2.45) is 5.92 Å². The molecule has 2 atom stereocenters. The molecule has 2 N–H and O–H groups in total. The first-order valence-corrected chi connectivity index (χ1v) is 12.8. The number of benzene rings is 2. The molecule has 37 heavy (non-hydrogen) atoms. The van der Waals surface area contributed by atoms with Crippen LogP contribution in [-0.4, -0.2) is 40.9 Å². The molecular formula is C29H37NO7. The van der Waals surface area contributed by atoms with E-state index in [0.29, 0.717) is 5.56 Å². The lowest BCUT2D eigenvalue weighted by Gasteiger charge is -2.31. The summed E-state index contributed by atoms with van der Waals surface area (Å²) in [5, 5.41) is 12.6.